The number of aromatic nitrogens is 3. The van der Waals surface area contributed by atoms with Gasteiger partial charge in [-0.05, 0) is 17.5 Å². The van der Waals surface area contributed by atoms with Gasteiger partial charge in [-0.15, -0.1) is 0 Å². The molecule has 0 saturated heterocycles. The van der Waals surface area contributed by atoms with Crippen LogP contribution < -0.4 is 0 Å². The summed E-state index contributed by atoms with van der Waals surface area (Å²) in [7, 11) is 0. The molecule has 1 atom stereocenters. The van der Waals surface area contributed by atoms with Crippen molar-refractivity contribution >= 4 is 0 Å². The Balaban J connectivity index is 2.00. The molecule has 1 N–H and O–H groups in total. The highest BCUT2D eigenvalue weighted by molar-refractivity contribution is 5.09. The molecule has 2 rings (SSSR count). The maximum atomic E-state index is 10.00. The topological polar surface area (TPSA) is 72.0 Å². The van der Waals surface area contributed by atoms with Crippen LogP contribution in [0, 0.1) is 5.41 Å². The van der Waals surface area contributed by atoms with Gasteiger partial charge >= 0.3 is 0 Å². The third kappa shape index (κ3) is 3.86. The molecule has 19 heavy (non-hydrogen) atoms. The van der Waals surface area contributed by atoms with Crippen LogP contribution in [0.2, 0.25) is 0 Å². The first-order chi connectivity index (χ1) is 8.95. The lowest BCUT2D eigenvalue weighted by molar-refractivity contribution is 0.0565. The lowest BCUT2D eigenvalue weighted by Gasteiger charge is -2.24. The molecule has 0 aromatic carbocycles. The van der Waals surface area contributed by atoms with Gasteiger partial charge in [-0.25, -0.2) is 0 Å². The Morgan fingerprint density at radius 1 is 1.32 bits per heavy atom. The molecule has 0 amide bonds. The van der Waals surface area contributed by atoms with Gasteiger partial charge in [-0.1, -0.05) is 32.0 Å². The molecular weight excluding hydrogens is 242 g/mol. The average molecular weight is 261 g/mol. The summed E-state index contributed by atoms with van der Waals surface area (Å²) in [4.78, 5) is 8.49. The number of nitrogens with zero attached hydrogens (tertiary/aromatic N) is 3. The first-order valence-electron chi connectivity index (χ1n) is 6.34. The third-order valence-electron chi connectivity index (χ3n) is 2.94. The van der Waals surface area contributed by atoms with Crippen molar-refractivity contribution in [3.63, 3.8) is 0 Å². The van der Waals surface area contributed by atoms with Crippen molar-refractivity contribution in [2.24, 2.45) is 5.41 Å². The molecule has 1 unspecified atom stereocenters. The van der Waals surface area contributed by atoms with Gasteiger partial charge in [0.1, 0.15) is 0 Å². The molecule has 0 radical (unpaired) electrons. The minimum absolute atomic E-state index is 0.199. The van der Waals surface area contributed by atoms with Gasteiger partial charge in [0, 0.05) is 11.9 Å². The van der Waals surface area contributed by atoms with Crippen molar-refractivity contribution in [1.29, 1.82) is 0 Å². The van der Waals surface area contributed by atoms with Crippen molar-refractivity contribution in [3.05, 3.63) is 41.8 Å². The molecule has 2 aromatic rings. The summed E-state index contributed by atoms with van der Waals surface area (Å²) in [5.41, 5.74) is 0.696. The predicted molar refractivity (Wildman–Crippen MR) is 70.5 cm³/mol. The van der Waals surface area contributed by atoms with E-state index in [4.69, 9.17) is 4.52 Å². The van der Waals surface area contributed by atoms with E-state index in [9.17, 15) is 5.11 Å². The van der Waals surface area contributed by atoms with Crippen LogP contribution in [0.1, 0.15) is 38.2 Å². The monoisotopic (exact) mass is 261 g/mol. The van der Waals surface area contributed by atoms with Crippen molar-refractivity contribution in [3.8, 4) is 0 Å². The molecule has 102 valence electrons. The molecule has 0 aliphatic heterocycles. The Morgan fingerprint density at radius 2 is 2.11 bits per heavy atom. The fourth-order valence-electron chi connectivity index (χ4n) is 1.58. The fraction of sp³-hybridized carbons (Fsp3) is 0.500. The summed E-state index contributed by atoms with van der Waals surface area (Å²) in [6, 6.07) is 5.71. The van der Waals surface area contributed by atoms with Gasteiger partial charge < -0.3 is 9.63 Å². The van der Waals surface area contributed by atoms with E-state index < -0.39 is 6.10 Å². The maximum absolute atomic E-state index is 10.00. The van der Waals surface area contributed by atoms with Crippen LogP contribution in [0.3, 0.4) is 0 Å². The van der Waals surface area contributed by atoms with E-state index in [0.29, 0.717) is 24.6 Å². The number of hydrogen-bond acceptors (Lipinski definition) is 5. The standard InChI is InChI=1S/C14H19N3O2/c1-14(2,3)11(18)9-13-16-12(17-19-13)8-10-6-4-5-7-15-10/h4-7,11,18H,8-9H2,1-3H3. The molecule has 5 nitrogen and oxygen atoms in total. The summed E-state index contributed by atoms with van der Waals surface area (Å²) in [5, 5.41) is 13.9. The quantitative estimate of drug-likeness (QED) is 0.911. The largest absolute Gasteiger partial charge is 0.392 e. The number of pyridine rings is 1. The van der Waals surface area contributed by atoms with Crippen LogP contribution in [0.25, 0.3) is 0 Å². The first-order valence-corrected chi connectivity index (χ1v) is 6.34. The molecule has 5 heteroatoms. The Labute approximate surface area is 112 Å². The van der Waals surface area contributed by atoms with Gasteiger partial charge in [0.25, 0.3) is 0 Å². The smallest absolute Gasteiger partial charge is 0.229 e. The van der Waals surface area contributed by atoms with Crippen LogP contribution in [-0.4, -0.2) is 26.3 Å². The van der Waals surface area contributed by atoms with Crippen molar-refractivity contribution in [2.45, 2.75) is 39.7 Å². The zero-order valence-electron chi connectivity index (χ0n) is 11.5. The highest BCUT2D eigenvalue weighted by Crippen LogP contribution is 2.21. The second-order valence-corrected chi connectivity index (χ2v) is 5.69. The van der Waals surface area contributed by atoms with E-state index in [2.05, 4.69) is 15.1 Å². The van der Waals surface area contributed by atoms with Gasteiger partial charge in [0.15, 0.2) is 5.82 Å². The Bertz CT molecular complexity index is 517. The molecule has 0 aliphatic rings. The number of aliphatic hydroxyl groups excluding tert-OH is 1. The number of hydrogen-bond donors (Lipinski definition) is 1. The average Bonchev–Trinajstić information content (AvgIpc) is 2.76. The highest BCUT2D eigenvalue weighted by Gasteiger charge is 2.24. The lowest BCUT2D eigenvalue weighted by Crippen LogP contribution is -2.28. The lowest BCUT2D eigenvalue weighted by atomic mass is 9.87. The molecule has 2 aromatic heterocycles. The number of rotatable bonds is 4. The van der Waals surface area contributed by atoms with E-state index in [-0.39, 0.29) is 5.41 Å². The highest BCUT2D eigenvalue weighted by atomic mass is 16.5. The van der Waals surface area contributed by atoms with Crippen LogP contribution in [-0.2, 0) is 12.8 Å². The van der Waals surface area contributed by atoms with Gasteiger partial charge in [-0.2, -0.15) is 4.98 Å². The second kappa shape index (κ2) is 5.48. The van der Waals surface area contributed by atoms with Crippen LogP contribution in [0.5, 0.6) is 0 Å². The first kappa shape index (κ1) is 13.7. The Morgan fingerprint density at radius 3 is 2.74 bits per heavy atom. The summed E-state index contributed by atoms with van der Waals surface area (Å²) in [6.45, 7) is 5.93. The zero-order valence-corrected chi connectivity index (χ0v) is 11.5. The molecular formula is C14H19N3O2. The van der Waals surface area contributed by atoms with E-state index in [0.717, 1.165) is 5.69 Å². The van der Waals surface area contributed by atoms with E-state index >= 15 is 0 Å². The van der Waals surface area contributed by atoms with Crippen LogP contribution in [0.4, 0.5) is 0 Å². The van der Waals surface area contributed by atoms with Gasteiger partial charge in [0.05, 0.1) is 18.9 Å². The van der Waals surface area contributed by atoms with E-state index in [1.54, 1.807) is 6.20 Å². The Hall–Kier alpha value is -1.75. The summed E-state index contributed by atoms with van der Waals surface area (Å²) in [6.07, 6.45) is 2.14. The van der Waals surface area contributed by atoms with E-state index in [1.165, 1.54) is 0 Å². The minimum Gasteiger partial charge on any atom is -0.392 e. The maximum Gasteiger partial charge on any atom is 0.229 e. The second-order valence-electron chi connectivity index (χ2n) is 5.69. The fourth-order valence-corrected chi connectivity index (χ4v) is 1.58. The Kier molecular flexibility index (Phi) is 3.95. The normalized spacial score (nSPS) is 13.5. The van der Waals surface area contributed by atoms with Crippen molar-refractivity contribution in [2.75, 3.05) is 0 Å². The van der Waals surface area contributed by atoms with Crippen LogP contribution >= 0.6 is 0 Å². The summed E-state index contributed by atoms with van der Waals surface area (Å²) >= 11 is 0. The minimum atomic E-state index is -0.504. The van der Waals surface area contributed by atoms with Gasteiger partial charge in [0.2, 0.25) is 5.89 Å². The van der Waals surface area contributed by atoms with Crippen molar-refractivity contribution in [1.82, 2.24) is 15.1 Å². The molecule has 0 aliphatic carbocycles. The SMILES string of the molecule is CC(C)(C)C(O)Cc1nc(Cc2ccccn2)no1. The molecule has 0 spiro atoms. The predicted octanol–water partition coefficient (Wildman–Crippen LogP) is 2.00. The summed E-state index contributed by atoms with van der Waals surface area (Å²) < 4.78 is 5.15. The molecule has 0 bridgehead atoms. The zero-order chi connectivity index (χ0) is 13.9. The molecule has 0 fully saturated rings. The molecule has 0 saturated carbocycles. The molecule has 2 heterocycles. The third-order valence-corrected chi connectivity index (χ3v) is 2.94. The van der Waals surface area contributed by atoms with E-state index in [1.807, 2.05) is 39.0 Å². The number of aliphatic hydroxyl groups is 1. The van der Waals surface area contributed by atoms with Crippen molar-refractivity contribution < 1.29 is 9.63 Å². The van der Waals surface area contributed by atoms with Crippen LogP contribution in [0.15, 0.2) is 28.9 Å². The summed E-state index contributed by atoms with van der Waals surface area (Å²) in [5.74, 6) is 1.06. The van der Waals surface area contributed by atoms with Gasteiger partial charge in [-0.3, -0.25) is 4.98 Å².